The standard InChI is InChI=1S/C14H27NO3.C12H18F6O3.2C4H10O3S/c1-2-3-4-5-6-7-14(16)18-13-10-15-8-11-17-12-9-15;1-6-8(2,3)7(19)21-9(4,5)10(20,11(13,14)15)12(16,17)18;2*1-3-4(2)8(5,6)7/h2-13H2,1H3;20H,6H2,1-5H3;2*4H,3H2,1-2H3,(H,5,6,7). The first-order valence-corrected chi connectivity index (χ1v) is 21.3. The second-order valence-corrected chi connectivity index (χ2v) is 17.9. The fourth-order valence-electron chi connectivity index (χ4n) is 4.01. The average Bonchev–Trinajstić information content (AvgIpc) is 3.06. The van der Waals surface area contributed by atoms with E-state index in [-0.39, 0.29) is 12.4 Å². The molecule has 0 bridgehead atoms. The Bertz CT molecular complexity index is 1250. The summed E-state index contributed by atoms with van der Waals surface area (Å²) < 4.78 is 150. The van der Waals surface area contributed by atoms with Gasteiger partial charge in [-0.2, -0.15) is 34.8 Å². The Labute approximate surface area is 323 Å². The molecule has 0 aliphatic carbocycles. The van der Waals surface area contributed by atoms with Gasteiger partial charge in [0.15, 0.2) is 5.60 Å². The van der Waals surface area contributed by atoms with Crippen molar-refractivity contribution < 1.29 is 86.1 Å². The van der Waals surface area contributed by atoms with Crippen molar-refractivity contribution in [2.75, 3.05) is 39.5 Å². The molecule has 0 aromatic carbocycles. The van der Waals surface area contributed by atoms with Crippen LogP contribution in [0.4, 0.5) is 26.3 Å². The molecular formula is C34H65F6NO12S2. The number of unbranched alkanes of at least 4 members (excludes halogenated alkanes) is 4. The van der Waals surface area contributed by atoms with Gasteiger partial charge in [-0.05, 0) is 67.2 Å². The van der Waals surface area contributed by atoms with Gasteiger partial charge in [0, 0.05) is 11.7 Å². The Morgan fingerprint density at radius 1 is 0.818 bits per heavy atom. The van der Waals surface area contributed by atoms with Gasteiger partial charge in [-0.15, -0.1) is 0 Å². The molecule has 1 aliphatic rings. The minimum Gasteiger partial charge on any atom is -0.748 e. The van der Waals surface area contributed by atoms with Gasteiger partial charge < -0.3 is 28.8 Å². The van der Waals surface area contributed by atoms with E-state index in [9.17, 15) is 62.4 Å². The van der Waals surface area contributed by atoms with Crippen LogP contribution in [-0.2, 0) is 44.0 Å². The fourth-order valence-corrected chi connectivity index (χ4v) is 4.84. The zero-order chi connectivity index (χ0) is 44.1. The average molecular weight is 858 g/mol. The van der Waals surface area contributed by atoms with Crippen LogP contribution in [0.3, 0.4) is 0 Å². The minimum atomic E-state index is -6.06. The van der Waals surface area contributed by atoms with E-state index in [1.165, 1.54) is 58.8 Å². The monoisotopic (exact) mass is 857 g/mol. The number of carbonyl (C=O) groups excluding carboxylic acids is 2. The third-order valence-electron chi connectivity index (χ3n) is 9.03. The summed E-state index contributed by atoms with van der Waals surface area (Å²) >= 11 is 0. The zero-order valence-electron chi connectivity index (χ0n) is 33.8. The molecule has 1 saturated heterocycles. The normalized spacial score (nSPS) is 15.8. The molecular weight excluding hydrogens is 792 g/mol. The lowest BCUT2D eigenvalue weighted by Crippen LogP contribution is -3.14. The minimum absolute atomic E-state index is 0.0286. The molecule has 0 amide bonds. The first-order chi connectivity index (χ1) is 24.7. The Morgan fingerprint density at radius 2 is 1.27 bits per heavy atom. The number of alkyl halides is 6. The molecule has 1 heterocycles. The molecule has 0 radical (unpaired) electrons. The topological polar surface area (TPSA) is 198 Å². The predicted molar refractivity (Wildman–Crippen MR) is 193 cm³/mol. The molecule has 0 aromatic rings. The van der Waals surface area contributed by atoms with Gasteiger partial charge >= 0.3 is 24.3 Å². The fraction of sp³-hybridized carbons (Fsp3) is 0.941. The number of rotatable bonds is 17. The van der Waals surface area contributed by atoms with Crippen molar-refractivity contribution in [3.05, 3.63) is 0 Å². The highest BCUT2D eigenvalue weighted by Gasteiger charge is 2.78. The van der Waals surface area contributed by atoms with Crippen LogP contribution in [0.25, 0.3) is 0 Å². The first kappa shape index (κ1) is 57.5. The number of quaternary nitrogens is 1. The predicted octanol–water partition coefficient (Wildman–Crippen LogP) is 5.41. The van der Waals surface area contributed by atoms with E-state index >= 15 is 0 Å². The number of aliphatic hydroxyl groups is 1. The van der Waals surface area contributed by atoms with E-state index in [0.717, 1.165) is 45.7 Å². The van der Waals surface area contributed by atoms with E-state index in [1.807, 2.05) is 0 Å². The van der Waals surface area contributed by atoms with Crippen LogP contribution in [0.1, 0.15) is 127 Å². The van der Waals surface area contributed by atoms with Crippen LogP contribution in [0.15, 0.2) is 0 Å². The lowest BCUT2D eigenvalue weighted by Gasteiger charge is -2.44. The number of hydrogen-bond acceptors (Lipinski definition) is 11. The highest BCUT2D eigenvalue weighted by Crippen LogP contribution is 2.51. The second kappa shape index (κ2) is 25.6. The summed E-state index contributed by atoms with van der Waals surface area (Å²) in [6, 6.07) is 0. The summed E-state index contributed by atoms with van der Waals surface area (Å²) in [6.45, 7) is 18.6. The van der Waals surface area contributed by atoms with Crippen LogP contribution in [0.5, 0.6) is 0 Å². The Morgan fingerprint density at radius 3 is 1.60 bits per heavy atom. The zero-order valence-corrected chi connectivity index (χ0v) is 35.5. The van der Waals surface area contributed by atoms with Gasteiger partial charge in [0.05, 0.1) is 34.0 Å². The van der Waals surface area contributed by atoms with E-state index in [4.69, 9.17) is 14.0 Å². The molecule has 0 saturated carbocycles. The van der Waals surface area contributed by atoms with E-state index in [1.54, 1.807) is 13.8 Å². The number of ether oxygens (including phenoxy) is 3. The number of esters is 2. The van der Waals surface area contributed by atoms with Crippen molar-refractivity contribution in [2.45, 2.75) is 161 Å². The molecule has 55 heavy (non-hydrogen) atoms. The largest absolute Gasteiger partial charge is 0.748 e. The van der Waals surface area contributed by atoms with E-state index in [2.05, 4.69) is 11.7 Å². The lowest BCUT2D eigenvalue weighted by atomic mass is 9.83. The van der Waals surface area contributed by atoms with Gasteiger partial charge in [0.25, 0.3) is 15.7 Å². The quantitative estimate of drug-likeness (QED) is 0.0730. The molecule has 0 aromatic heterocycles. The maximum absolute atomic E-state index is 12.8. The summed E-state index contributed by atoms with van der Waals surface area (Å²) in [4.78, 5) is 24.7. The molecule has 1 rings (SSSR count). The van der Waals surface area contributed by atoms with Crippen LogP contribution < -0.4 is 4.90 Å². The van der Waals surface area contributed by atoms with Gasteiger partial charge in [0.2, 0.25) is 0 Å². The summed E-state index contributed by atoms with van der Waals surface area (Å²) in [7, 11) is -7.76. The van der Waals surface area contributed by atoms with Gasteiger partial charge in [-0.1, -0.05) is 53.4 Å². The van der Waals surface area contributed by atoms with Crippen LogP contribution in [-0.4, -0.2) is 116 Å². The maximum atomic E-state index is 12.8. The van der Waals surface area contributed by atoms with Crippen LogP contribution in [0.2, 0.25) is 0 Å². The summed E-state index contributed by atoms with van der Waals surface area (Å²) in [5.41, 5.74) is -9.70. The van der Waals surface area contributed by atoms with Crippen LogP contribution >= 0.6 is 0 Å². The molecule has 3 N–H and O–H groups in total. The van der Waals surface area contributed by atoms with Gasteiger partial charge in [-0.25, -0.2) is 8.42 Å². The van der Waals surface area contributed by atoms with Crippen molar-refractivity contribution in [2.24, 2.45) is 5.41 Å². The molecule has 0 spiro atoms. The first-order valence-electron chi connectivity index (χ1n) is 18.3. The van der Waals surface area contributed by atoms with Gasteiger partial charge in [0.1, 0.15) is 26.2 Å². The molecule has 1 aliphatic heterocycles. The van der Waals surface area contributed by atoms with E-state index < -0.39 is 65.7 Å². The Kier molecular flexibility index (Phi) is 26.7. The maximum Gasteiger partial charge on any atom is 0.430 e. The molecule has 1 fully saturated rings. The Balaban J connectivity index is -0.000000714. The number of halogens is 6. The molecule has 21 heteroatoms. The summed E-state index contributed by atoms with van der Waals surface area (Å²) in [5, 5.41) is 7.92. The molecule has 332 valence electrons. The molecule has 2 unspecified atom stereocenters. The third-order valence-corrected chi connectivity index (χ3v) is 11.7. The second-order valence-electron chi connectivity index (χ2n) is 14.3. The Hall–Kier alpha value is -1.78. The highest BCUT2D eigenvalue weighted by molar-refractivity contribution is 7.86. The summed E-state index contributed by atoms with van der Waals surface area (Å²) in [6.07, 6.45) is -4.67. The lowest BCUT2D eigenvalue weighted by molar-refractivity contribution is -0.908. The number of morpholine rings is 1. The number of carbonyl (C=O) groups is 2. The van der Waals surface area contributed by atoms with Crippen molar-refractivity contribution >= 4 is 32.2 Å². The van der Waals surface area contributed by atoms with Crippen molar-refractivity contribution in [3.63, 3.8) is 0 Å². The third kappa shape index (κ3) is 22.7. The van der Waals surface area contributed by atoms with Crippen molar-refractivity contribution in [1.29, 1.82) is 0 Å². The van der Waals surface area contributed by atoms with Crippen molar-refractivity contribution in [3.8, 4) is 0 Å². The SMILES string of the molecule is CCC(C)(C)C(=O)OC(C)(C)C(O)(C(F)(F)F)C(F)(F)F.CCC(C)S(=O)(=O)O.CCC(C)S(=O)(=O)[O-].CCCCCCCC(=O)OCC[NH+]1CCOCC1. The smallest absolute Gasteiger partial charge is 0.430 e. The highest BCUT2D eigenvalue weighted by atomic mass is 32.2. The van der Waals surface area contributed by atoms with Crippen molar-refractivity contribution in [1.82, 2.24) is 0 Å². The number of hydrogen-bond donors (Lipinski definition) is 3. The molecule has 2 atom stereocenters. The van der Waals surface area contributed by atoms with Crippen LogP contribution in [0, 0.1) is 5.41 Å². The molecule has 13 nitrogen and oxygen atoms in total. The number of nitrogens with one attached hydrogen (secondary N) is 1. The summed E-state index contributed by atoms with van der Waals surface area (Å²) in [5.74, 6) is -1.29. The van der Waals surface area contributed by atoms with Gasteiger partial charge in [-0.3, -0.25) is 14.1 Å². The van der Waals surface area contributed by atoms with E-state index in [0.29, 0.717) is 39.7 Å².